The molecular weight excluding hydrogens is 1410 g/mol. The third-order valence-electron chi connectivity index (χ3n) is 13.8. The molecule has 0 aliphatic rings. The second-order valence-electron chi connectivity index (χ2n) is 18.8. The number of hydrogen-bond acceptors (Lipinski definition) is 0. The molecule has 8 heteroatoms. The summed E-state index contributed by atoms with van der Waals surface area (Å²) in [5.74, 6) is 0. The van der Waals surface area contributed by atoms with Gasteiger partial charge in [0.1, 0.15) is 0 Å². The minimum atomic E-state index is -2.03. The van der Waals surface area contributed by atoms with E-state index >= 15 is 0 Å². The van der Waals surface area contributed by atoms with E-state index in [0.29, 0.717) is 0 Å². The zero-order chi connectivity index (χ0) is 55.4. The fourth-order valence-corrected chi connectivity index (χ4v) is 30.8. The molecule has 0 N–H and O–H groups in total. The molecule has 0 amide bonds. The van der Waals surface area contributed by atoms with E-state index in [1.165, 1.54) is 63.7 Å². The average molecular weight is 1480 g/mol. The Morgan fingerprint density at radius 1 is 0.113 bits per heavy atom. The van der Waals surface area contributed by atoms with Gasteiger partial charge in [-0.15, -0.1) is 0 Å². The van der Waals surface area contributed by atoms with E-state index in [1.807, 2.05) is 0 Å². The first kappa shape index (κ1) is 59.6. The molecule has 12 aromatic carbocycles. The maximum absolute atomic E-state index is 3.81. The monoisotopic (exact) mass is 1480 g/mol. The van der Waals surface area contributed by atoms with Crippen LogP contribution in [0.2, 0.25) is 0 Å². The molecular formula is C72H64P4Pd4. The average Bonchev–Trinajstić information content (AvgIpc) is 3.63. The SMILES string of the molecule is [Pd][PH](c1ccccc1)(c1ccccc1)c1ccccc1.[Pd][PH](c1ccccc1)(c1ccccc1)c1ccccc1.[Pd][PH](c1ccccc1)(c1ccccc1)c1ccccc1.[Pd][PH](c1ccccc1)(c1ccccc1)c1ccccc1. The quantitative estimate of drug-likeness (QED) is 0.0845. The van der Waals surface area contributed by atoms with Crippen molar-refractivity contribution in [2.75, 3.05) is 0 Å². The molecule has 0 fully saturated rings. The fraction of sp³-hybridized carbons (Fsp3) is 0. The van der Waals surface area contributed by atoms with Crippen LogP contribution in [0.1, 0.15) is 0 Å². The topological polar surface area (TPSA) is 0 Å². The van der Waals surface area contributed by atoms with Crippen molar-refractivity contribution in [3.8, 4) is 0 Å². The summed E-state index contributed by atoms with van der Waals surface area (Å²) in [6, 6.07) is 129. The van der Waals surface area contributed by atoms with Crippen molar-refractivity contribution >= 4 is 85.5 Å². The first-order valence-corrected chi connectivity index (χ1v) is 43.2. The van der Waals surface area contributed by atoms with Gasteiger partial charge in [0, 0.05) is 0 Å². The molecule has 12 aromatic rings. The van der Waals surface area contributed by atoms with E-state index in [2.05, 4.69) is 439 Å². The van der Waals surface area contributed by atoms with Crippen molar-refractivity contribution in [3.05, 3.63) is 364 Å². The Labute approximate surface area is 518 Å². The predicted molar refractivity (Wildman–Crippen MR) is 346 cm³/mol. The van der Waals surface area contributed by atoms with Gasteiger partial charge in [-0.05, 0) is 0 Å². The number of benzene rings is 12. The van der Waals surface area contributed by atoms with E-state index in [9.17, 15) is 0 Å². The molecule has 412 valence electrons. The Hall–Kier alpha value is -4.99. The Kier molecular flexibility index (Phi) is 22.2. The van der Waals surface area contributed by atoms with Crippen LogP contribution in [-0.2, 0) is 74.8 Å². The molecule has 0 atom stereocenters. The van der Waals surface area contributed by atoms with Crippen molar-refractivity contribution in [3.63, 3.8) is 0 Å². The molecule has 80 heavy (non-hydrogen) atoms. The van der Waals surface area contributed by atoms with Gasteiger partial charge in [0.2, 0.25) is 0 Å². The van der Waals surface area contributed by atoms with Crippen LogP contribution >= 0.6 is 21.8 Å². The summed E-state index contributed by atoms with van der Waals surface area (Å²) in [4.78, 5) is 0. The van der Waals surface area contributed by atoms with Gasteiger partial charge in [0.15, 0.2) is 0 Å². The molecule has 0 saturated heterocycles. The molecule has 0 nitrogen and oxygen atoms in total. The maximum atomic E-state index is 3.81. The fourth-order valence-electron chi connectivity index (χ4n) is 9.89. The summed E-state index contributed by atoms with van der Waals surface area (Å²) in [5.41, 5.74) is -8.11. The van der Waals surface area contributed by atoms with Gasteiger partial charge in [-0.3, -0.25) is 0 Å². The van der Waals surface area contributed by atoms with Crippen LogP contribution in [0.3, 0.4) is 0 Å². The molecule has 0 unspecified atom stereocenters. The van der Waals surface area contributed by atoms with Gasteiger partial charge in [0.25, 0.3) is 0 Å². The van der Waals surface area contributed by atoms with Crippen molar-refractivity contribution in [1.82, 2.24) is 0 Å². The summed E-state index contributed by atoms with van der Waals surface area (Å²) in [5, 5.41) is 16.7. The second kappa shape index (κ2) is 29.8. The second-order valence-corrected chi connectivity index (χ2v) is 44.7. The van der Waals surface area contributed by atoms with E-state index in [0.717, 1.165) is 0 Å². The van der Waals surface area contributed by atoms with Crippen molar-refractivity contribution in [1.29, 1.82) is 0 Å². The van der Waals surface area contributed by atoms with Crippen LogP contribution in [0.4, 0.5) is 0 Å². The third kappa shape index (κ3) is 14.2. The van der Waals surface area contributed by atoms with Crippen LogP contribution in [-0.4, -0.2) is 0 Å². The van der Waals surface area contributed by atoms with Gasteiger partial charge < -0.3 is 0 Å². The zero-order valence-corrected chi connectivity index (χ0v) is 54.1. The Morgan fingerprint density at radius 2 is 0.175 bits per heavy atom. The first-order valence-electron chi connectivity index (χ1n) is 26.6. The van der Waals surface area contributed by atoms with Crippen LogP contribution < -0.4 is 63.7 Å². The van der Waals surface area contributed by atoms with Crippen molar-refractivity contribution in [2.24, 2.45) is 0 Å². The predicted octanol–water partition coefficient (Wildman–Crippen LogP) is 12.7. The molecule has 0 saturated carbocycles. The Balaban J connectivity index is 0.000000129. The molecule has 0 aliphatic heterocycles. The Morgan fingerprint density at radius 3 is 0.237 bits per heavy atom. The number of rotatable bonds is 12. The first-order chi connectivity index (χ1) is 39.3. The van der Waals surface area contributed by atoms with Gasteiger partial charge >= 0.3 is 524 Å². The van der Waals surface area contributed by atoms with Gasteiger partial charge in [-0.2, -0.15) is 0 Å². The van der Waals surface area contributed by atoms with Gasteiger partial charge in [0.05, 0.1) is 0 Å². The molecule has 12 rings (SSSR count). The van der Waals surface area contributed by atoms with E-state index in [-0.39, 0.29) is 0 Å². The van der Waals surface area contributed by atoms with Gasteiger partial charge in [-0.25, -0.2) is 0 Å². The van der Waals surface area contributed by atoms with E-state index in [4.69, 9.17) is 0 Å². The summed E-state index contributed by atoms with van der Waals surface area (Å²) in [7, 11) is 0. The van der Waals surface area contributed by atoms with Crippen LogP contribution in [0, 0.1) is 0 Å². The summed E-state index contributed by atoms with van der Waals surface area (Å²) in [6.07, 6.45) is 0. The van der Waals surface area contributed by atoms with Crippen molar-refractivity contribution < 1.29 is 74.8 Å². The van der Waals surface area contributed by atoms with Crippen LogP contribution in [0.5, 0.6) is 0 Å². The normalized spacial score (nSPS) is 12.1. The van der Waals surface area contributed by atoms with Gasteiger partial charge in [-0.1, -0.05) is 0 Å². The standard InChI is InChI=1S/4C18H15P.4Pd/c4*1-4-10-16(11-5-1)19(17-12-6-2-7-13-17)18-14-8-3-9-15-18;;;;/h4*1-15H;;;;/q;;;;4*-1/p+4. The van der Waals surface area contributed by atoms with Crippen molar-refractivity contribution in [2.45, 2.75) is 0 Å². The molecule has 0 heterocycles. The third-order valence-corrected chi connectivity index (χ3v) is 43.1. The zero-order valence-electron chi connectivity index (χ0n) is 43.9. The summed E-state index contributed by atoms with van der Waals surface area (Å²) >= 11 is 15.2. The van der Waals surface area contributed by atoms with E-state index in [1.54, 1.807) is 0 Å². The summed E-state index contributed by atoms with van der Waals surface area (Å²) in [6.45, 7) is 0. The number of hydrogen-bond donors (Lipinski definition) is 0. The minimum absolute atomic E-state index is 1.39. The summed E-state index contributed by atoms with van der Waals surface area (Å²) < 4.78 is 0. The van der Waals surface area contributed by atoms with Crippen LogP contribution in [0.15, 0.2) is 364 Å². The molecule has 0 bridgehead atoms. The van der Waals surface area contributed by atoms with Crippen LogP contribution in [0.25, 0.3) is 0 Å². The molecule has 0 radical (unpaired) electrons. The van der Waals surface area contributed by atoms with E-state index < -0.39 is 21.8 Å². The molecule has 0 spiro atoms. The molecule has 0 aliphatic carbocycles. The Bertz CT molecular complexity index is 2770. The molecule has 0 aromatic heterocycles.